The summed E-state index contributed by atoms with van der Waals surface area (Å²) in [5.74, 6) is 0.149. The van der Waals surface area contributed by atoms with Crippen LogP contribution in [0.3, 0.4) is 0 Å². The van der Waals surface area contributed by atoms with Gasteiger partial charge < -0.3 is 4.74 Å². The second-order valence-electron chi connectivity index (χ2n) is 11.4. The van der Waals surface area contributed by atoms with Crippen molar-refractivity contribution < 1.29 is 17.9 Å². The van der Waals surface area contributed by atoms with E-state index in [0.29, 0.717) is 11.1 Å². The molecule has 0 bridgehead atoms. The highest BCUT2D eigenvalue weighted by Gasteiger charge is 2.29. The van der Waals surface area contributed by atoms with E-state index >= 15 is 4.39 Å². The molecule has 1 nitrogen and oxygen atoms in total. The molecule has 1 unspecified atom stereocenters. The Bertz CT molecular complexity index is 1350. The Labute approximate surface area is 236 Å². The Morgan fingerprint density at radius 2 is 1.50 bits per heavy atom. The van der Waals surface area contributed by atoms with Gasteiger partial charge in [-0.2, -0.15) is 4.39 Å². The molecule has 1 fully saturated rings. The van der Waals surface area contributed by atoms with Gasteiger partial charge in [0.1, 0.15) is 12.4 Å². The predicted octanol–water partition coefficient (Wildman–Crippen LogP) is 10.8. The molecule has 0 radical (unpaired) electrons. The molecule has 0 N–H and O–H groups in total. The van der Waals surface area contributed by atoms with Gasteiger partial charge in [-0.1, -0.05) is 87.7 Å². The number of hydrogen-bond acceptors (Lipinski definition) is 1. The van der Waals surface area contributed by atoms with Crippen molar-refractivity contribution in [1.29, 1.82) is 0 Å². The monoisotopic (exact) mass is 544 g/mol. The Kier molecular flexibility index (Phi) is 9.14. The SMILES string of the molecule is C=CCOc1ccc(-c2ccc(-c3ccc(C4=CCC(C5CCC(CCC)CC5)CC4)c(F)c3)cc2)c(F)c1F. The average Bonchev–Trinajstić information content (AvgIpc) is 2.99. The summed E-state index contributed by atoms with van der Waals surface area (Å²) in [5, 5.41) is 0. The van der Waals surface area contributed by atoms with Crippen LogP contribution in [0.25, 0.3) is 27.8 Å². The summed E-state index contributed by atoms with van der Waals surface area (Å²) < 4.78 is 49.6. The van der Waals surface area contributed by atoms with E-state index < -0.39 is 11.6 Å². The third-order valence-electron chi connectivity index (χ3n) is 8.95. The van der Waals surface area contributed by atoms with E-state index in [-0.39, 0.29) is 23.7 Å². The lowest BCUT2D eigenvalue weighted by atomic mass is 9.70. The first-order valence-corrected chi connectivity index (χ1v) is 14.8. The van der Waals surface area contributed by atoms with Gasteiger partial charge in [0.2, 0.25) is 5.82 Å². The van der Waals surface area contributed by atoms with Crippen molar-refractivity contribution in [2.24, 2.45) is 17.8 Å². The molecular formula is C36H39F3O. The lowest BCUT2D eigenvalue weighted by molar-refractivity contribution is 0.189. The van der Waals surface area contributed by atoms with Gasteiger partial charge in [0.25, 0.3) is 0 Å². The first-order chi connectivity index (χ1) is 19.5. The minimum atomic E-state index is -1.02. The van der Waals surface area contributed by atoms with Crippen molar-refractivity contribution in [2.75, 3.05) is 6.61 Å². The van der Waals surface area contributed by atoms with Crippen molar-refractivity contribution in [2.45, 2.75) is 64.7 Å². The summed E-state index contributed by atoms with van der Waals surface area (Å²) in [4.78, 5) is 0. The molecule has 5 rings (SSSR count). The van der Waals surface area contributed by atoms with Crippen molar-refractivity contribution in [3.63, 3.8) is 0 Å². The maximum atomic E-state index is 15.3. The van der Waals surface area contributed by atoms with Crippen molar-refractivity contribution in [3.8, 4) is 28.0 Å². The molecule has 1 atom stereocenters. The fraction of sp³-hybridized carbons (Fsp3) is 0.389. The molecule has 3 aromatic carbocycles. The van der Waals surface area contributed by atoms with Crippen molar-refractivity contribution in [3.05, 3.63) is 96.3 Å². The van der Waals surface area contributed by atoms with Gasteiger partial charge >= 0.3 is 0 Å². The fourth-order valence-electron chi connectivity index (χ4n) is 6.70. The van der Waals surface area contributed by atoms with Gasteiger partial charge in [0, 0.05) is 11.1 Å². The van der Waals surface area contributed by atoms with E-state index in [9.17, 15) is 8.78 Å². The highest BCUT2D eigenvalue weighted by Crippen LogP contribution is 2.42. The van der Waals surface area contributed by atoms with Crippen LogP contribution in [0.4, 0.5) is 13.2 Å². The molecule has 0 amide bonds. The van der Waals surface area contributed by atoms with E-state index in [4.69, 9.17) is 4.74 Å². The third-order valence-corrected chi connectivity index (χ3v) is 8.95. The molecule has 0 spiro atoms. The molecule has 40 heavy (non-hydrogen) atoms. The summed E-state index contributed by atoms with van der Waals surface area (Å²) in [5.41, 5.74) is 4.07. The van der Waals surface area contributed by atoms with Crippen LogP contribution < -0.4 is 4.74 Å². The first kappa shape index (κ1) is 28.3. The first-order valence-electron chi connectivity index (χ1n) is 14.8. The smallest absolute Gasteiger partial charge is 0.201 e. The van der Waals surface area contributed by atoms with Crippen LogP contribution in [0, 0.1) is 35.2 Å². The zero-order valence-corrected chi connectivity index (χ0v) is 23.4. The van der Waals surface area contributed by atoms with Crippen molar-refractivity contribution >= 4 is 5.57 Å². The standard InChI is InChI=1S/C36H39F3O/c1-3-5-24-6-8-25(9-7-24)26-10-14-28(15-11-26)31-19-18-30(23-33(31)37)27-12-16-29(17-13-27)32-20-21-34(40-22-4-2)36(39)35(32)38/h4,12-14,16-21,23-26H,2-3,5-11,15,22H2,1H3. The summed E-state index contributed by atoms with van der Waals surface area (Å²) in [7, 11) is 0. The average molecular weight is 545 g/mol. The number of rotatable bonds is 9. The Morgan fingerprint density at radius 3 is 2.15 bits per heavy atom. The number of benzene rings is 3. The predicted molar refractivity (Wildman–Crippen MR) is 159 cm³/mol. The zero-order chi connectivity index (χ0) is 28.1. The van der Waals surface area contributed by atoms with E-state index in [1.807, 2.05) is 24.3 Å². The molecule has 210 valence electrons. The van der Waals surface area contributed by atoms with Crippen LogP contribution in [0.15, 0.2) is 73.3 Å². The maximum absolute atomic E-state index is 15.3. The summed E-state index contributed by atoms with van der Waals surface area (Å²) in [6.07, 6.45) is 15.0. The van der Waals surface area contributed by atoms with Crippen LogP contribution in [-0.2, 0) is 0 Å². The molecular weight excluding hydrogens is 505 g/mol. The van der Waals surface area contributed by atoms with Crippen molar-refractivity contribution in [1.82, 2.24) is 0 Å². The second-order valence-corrected chi connectivity index (χ2v) is 11.4. The fourth-order valence-corrected chi connectivity index (χ4v) is 6.70. The highest BCUT2D eigenvalue weighted by molar-refractivity contribution is 5.74. The molecule has 0 aromatic heterocycles. The normalized spacial score (nSPS) is 21.1. The van der Waals surface area contributed by atoms with E-state index in [1.54, 1.807) is 18.2 Å². The van der Waals surface area contributed by atoms with Gasteiger partial charge in [-0.15, -0.1) is 0 Å². The van der Waals surface area contributed by atoms with Gasteiger partial charge in [-0.05, 0) is 90.3 Å². The van der Waals surface area contributed by atoms with Crippen LogP contribution >= 0.6 is 0 Å². The van der Waals surface area contributed by atoms with Crippen LogP contribution in [0.2, 0.25) is 0 Å². The Morgan fingerprint density at radius 1 is 0.800 bits per heavy atom. The molecule has 4 heteroatoms. The largest absolute Gasteiger partial charge is 0.486 e. The molecule has 0 heterocycles. The lowest BCUT2D eigenvalue weighted by Gasteiger charge is -2.35. The van der Waals surface area contributed by atoms with E-state index in [0.717, 1.165) is 53.7 Å². The number of ether oxygens (including phenoxy) is 1. The molecule has 2 aliphatic rings. The summed E-state index contributed by atoms with van der Waals surface area (Å²) in [6.45, 7) is 5.90. The summed E-state index contributed by atoms with van der Waals surface area (Å²) in [6, 6.07) is 15.4. The highest BCUT2D eigenvalue weighted by atomic mass is 19.2. The Balaban J connectivity index is 1.25. The van der Waals surface area contributed by atoms with Crippen LogP contribution in [-0.4, -0.2) is 6.61 Å². The second kappa shape index (κ2) is 12.9. The van der Waals surface area contributed by atoms with Gasteiger partial charge in [-0.3, -0.25) is 0 Å². The molecule has 1 saturated carbocycles. The third kappa shape index (κ3) is 6.22. The number of allylic oxidation sites excluding steroid dienone is 2. The van der Waals surface area contributed by atoms with Gasteiger partial charge in [0.15, 0.2) is 11.6 Å². The van der Waals surface area contributed by atoms with Crippen LogP contribution in [0.1, 0.15) is 70.3 Å². The Hall–Kier alpha value is -3.27. The number of hydrogen-bond donors (Lipinski definition) is 0. The van der Waals surface area contributed by atoms with Crippen LogP contribution in [0.5, 0.6) is 5.75 Å². The van der Waals surface area contributed by atoms with E-state index in [2.05, 4.69) is 19.6 Å². The molecule has 0 aliphatic heterocycles. The summed E-state index contributed by atoms with van der Waals surface area (Å²) >= 11 is 0. The topological polar surface area (TPSA) is 9.23 Å². The molecule has 0 saturated heterocycles. The van der Waals surface area contributed by atoms with Gasteiger partial charge in [-0.25, -0.2) is 8.78 Å². The lowest BCUT2D eigenvalue weighted by Crippen LogP contribution is -2.23. The van der Waals surface area contributed by atoms with Gasteiger partial charge in [0.05, 0.1) is 0 Å². The molecule has 2 aliphatic carbocycles. The minimum absolute atomic E-state index is 0.0948. The molecule has 3 aromatic rings. The van der Waals surface area contributed by atoms with E-state index in [1.165, 1.54) is 56.7 Å². The number of halogens is 3. The quantitative estimate of drug-likeness (QED) is 0.243. The minimum Gasteiger partial charge on any atom is -0.486 e. The maximum Gasteiger partial charge on any atom is 0.201 e. The zero-order valence-electron chi connectivity index (χ0n) is 23.4.